The molecule has 0 spiro atoms. The second kappa shape index (κ2) is 46.3. The van der Waals surface area contributed by atoms with Crippen molar-refractivity contribution in [1.82, 2.24) is 77.5 Å². The van der Waals surface area contributed by atoms with E-state index in [1.807, 2.05) is 52.1 Å². The van der Waals surface area contributed by atoms with Crippen LogP contribution in [0.4, 0.5) is 5.69 Å². The van der Waals surface area contributed by atoms with E-state index in [0.29, 0.717) is 55.5 Å². The van der Waals surface area contributed by atoms with Gasteiger partial charge in [-0.25, -0.2) is 9.78 Å². The molecular formula is C74H108N18O21S. The van der Waals surface area contributed by atoms with Crippen LogP contribution in [0.15, 0.2) is 67.3 Å². The van der Waals surface area contributed by atoms with Crippen LogP contribution >= 0.6 is 11.8 Å². The molecule has 2 aromatic carbocycles. The lowest BCUT2D eigenvalue weighted by atomic mass is 9.88. The molecule has 11 amide bonds. The van der Waals surface area contributed by atoms with Gasteiger partial charge in [0.1, 0.15) is 36.8 Å². The van der Waals surface area contributed by atoms with E-state index < -0.39 is 182 Å². The first-order valence-electron chi connectivity index (χ1n) is 37.2. The molecule has 20 N–H and O–H groups in total. The van der Waals surface area contributed by atoms with Gasteiger partial charge in [0.2, 0.25) is 59.1 Å². The number of nitrogens with one attached hydrogen (secondary N) is 12. The predicted octanol–water partition coefficient (Wildman–Crippen LogP) is -1.52. The van der Waals surface area contributed by atoms with Gasteiger partial charge >= 0.3 is 23.9 Å². The normalized spacial score (nSPS) is 16.5. The van der Waals surface area contributed by atoms with Gasteiger partial charge in [-0.1, -0.05) is 58.7 Å². The van der Waals surface area contributed by atoms with Gasteiger partial charge in [-0.05, 0) is 119 Å². The molecule has 1 aliphatic carbocycles. The summed E-state index contributed by atoms with van der Waals surface area (Å²) in [5.41, 5.74) is 11.5. The summed E-state index contributed by atoms with van der Waals surface area (Å²) in [4.78, 5) is 222. The highest BCUT2D eigenvalue weighted by atomic mass is 32.2. The maximum absolute atomic E-state index is 13.8. The Labute approximate surface area is 662 Å². The number of hydrogen-bond acceptors (Lipinski definition) is 24. The van der Waals surface area contributed by atoms with Crippen molar-refractivity contribution in [2.75, 3.05) is 76.7 Å². The zero-order valence-corrected chi connectivity index (χ0v) is 65.9. The van der Waals surface area contributed by atoms with Crippen molar-refractivity contribution in [3.8, 4) is 0 Å². The average molecular weight is 1620 g/mol. The molecule has 4 aromatic rings. The molecule has 1 saturated heterocycles. The Kier molecular flexibility index (Phi) is 38.0. The van der Waals surface area contributed by atoms with Crippen molar-refractivity contribution in [2.24, 2.45) is 23.3 Å². The van der Waals surface area contributed by atoms with E-state index in [2.05, 4.69) is 73.0 Å². The van der Waals surface area contributed by atoms with Crippen molar-refractivity contribution >= 4 is 123 Å². The number of benzene rings is 2. The van der Waals surface area contributed by atoms with Crippen LogP contribution in [0.1, 0.15) is 127 Å². The molecule has 39 nitrogen and oxygen atoms in total. The van der Waals surface area contributed by atoms with Crippen LogP contribution in [0, 0.1) is 11.8 Å². The van der Waals surface area contributed by atoms with Crippen molar-refractivity contribution in [2.45, 2.75) is 179 Å². The minimum atomic E-state index is -1.60. The number of fused-ring (bicyclic) bond motifs is 2. The first-order chi connectivity index (χ1) is 54.0. The molecule has 114 heavy (non-hydrogen) atoms. The number of aliphatic carboxylic acids is 3. The largest absolute Gasteiger partial charge is 0.480 e. The third-order valence-electron chi connectivity index (χ3n) is 19.3. The van der Waals surface area contributed by atoms with Gasteiger partial charge in [0.25, 0.3) is 5.91 Å². The number of likely N-dealkylation sites (N-methyl/N-ethyl adjacent to an activating group) is 1. The minimum Gasteiger partial charge on any atom is -0.480 e. The highest BCUT2D eigenvalue weighted by molar-refractivity contribution is 7.98. The number of carboxylic acids is 3. The Hall–Kier alpha value is -10.9. The van der Waals surface area contributed by atoms with Crippen LogP contribution in [-0.4, -0.2) is 276 Å². The van der Waals surface area contributed by atoms with Crippen LogP contribution < -0.4 is 64.6 Å². The van der Waals surface area contributed by atoms with Gasteiger partial charge in [0, 0.05) is 96.6 Å². The molecule has 9 atom stereocenters. The summed E-state index contributed by atoms with van der Waals surface area (Å²) >= 11 is 1.52. The fourth-order valence-corrected chi connectivity index (χ4v) is 14.0. The van der Waals surface area contributed by atoms with E-state index in [1.165, 1.54) is 62.4 Å². The SMILES string of the molecule is CC(=O)[C@H](C)NC(=O)[C@H](Cc1c[nH]c2ccccc12)NC(=O)[C@H](CCC(N)=O)NC(=O)c1ccc(NC(=O)CNC(=O)CCC2(N(CC(=O)O)CC(=O)OO)CN(CC(=O)O)[C@@H]3CCCC[C@H]3N(CC(=O)O)C2)cc1.CN[C@H](C(=O)NCC(=O)N[C@@H](Cc1cnc[nH]1)C(=O)N[C@@H](CC(C)C)C(=O)N[C@@H](CCSC)C(N)=O)C(C)C. The molecule has 40 heteroatoms. The molecule has 2 fully saturated rings. The lowest BCUT2D eigenvalue weighted by Crippen LogP contribution is -2.62. The van der Waals surface area contributed by atoms with Crippen molar-refractivity contribution in [3.05, 3.63) is 84.1 Å². The lowest BCUT2D eigenvalue weighted by molar-refractivity contribution is -0.236. The summed E-state index contributed by atoms with van der Waals surface area (Å²) in [6.45, 7) is 6.25. The molecule has 1 saturated carbocycles. The van der Waals surface area contributed by atoms with E-state index in [4.69, 9.17) is 11.5 Å². The maximum Gasteiger partial charge on any atom is 0.355 e. The molecule has 0 radical (unpaired) electrons. The van der Waals surface area contributed by atoms with Gasteiger partial charge in [-0.3, -0.25) is 91.5 Å². The first-order valence-corrected chi connectivity index (χ1v) is 38.6. The van der Waals surface area contributed by atoms with Crippen molar-refractivity contribution in [3.63, 3.8) is 0 Å². The van der Waals surface area contributed by atoms with Gasteiger partial charge in [-0.15, -0.1) is 0 Å². The number of carbonyl (C=O) groups is 16. The first kappa shape index (κ1) is 93.7. The summed E-state index contributed by atoms with van der Waals surface area (Å²) in [6.07, 6.45) is 8.40. The smallest absolute Gasteiger partial charge is 0.355 e. The average Bonchev–Trinajstić information content (AvgIpc) is 1.60. The quantitative estimate of drug-likeness (QED) is 0.0176. The van der Waals surface area contributed by atoms with Crippen LogP contribution in [0.3, 0.4) is 0 Å². The number of ketones is 1. The third-order valence-corrected chi connectivity index (χ3v) is 20.0. The zero-order chi connectivity index (χ0) is 84.5. The van der Waals surface area contributed by atoms with E-state index in [1.54, 1.807) is 29.1 Å². The second-order valence-electron chi connectivity index (χ2n) is 28.9. The number of hydrogen-bond donors (Lipinski definition) is 18. The molecule has 2 aromatic heterocycles. The number of nitrogens with zero attached hydrogens (tertiary/aromatic N) is 4. The standard InChI is InChI=1S/C49H64N10O16.C25H44N8O5S/c1-28(29(2)60)53-48(73)36(19-31-20-51-34-8-4-3-7-33(31)34)56-47(72)35(15-16-39(50)61)55-46(71)30-11-13-32(14-12-30)54-41(63)21-52-40(62)17-18-49(59(24-44(68)69)25-45(70)75-74)26-57(22-42(64)65)37-9-5-6-10-38(37)58(27-49)23-43(66)67;1-14(2)9-18(23(36)32-17(22(26)35)7-8-39-6)33-24(37)19(10-16-11-28-13-30-16)31-20(34)12-29-25(38)21(27-5)15(3)4/h3-4,7-8,11-14,20,28,35-38,51,74H,5-6,9-10,15-19,21-27H2,1-2H3,(H2,50,61)(H,52,62)(H,53,73)(H,54,63)(H,55,71)(H,56,72)(H,64,65)(H,66,67)(H,68,69);11,13-15,17-19,21,27H,7-10,12H2,1-6H3,(H2,26,35)(H,28,30)(H,29,38)(H,31,34)(H,32,36)(H,33,37)/t28-,35-,36-,37+,38+;17-,18-,19-,21-/m00/s1. The minimum absolute atomic E-state index is 0.0101. The summed E-state index contributed by atoms with van der Waals surface area (Å²) in [5.74, 6) is -12.0. The van der Waals surface area contributed by atoms with Crippen LogP contribution in [-0.2, 0) is 89.6 Å². The number of para-hydroxylation sites is 1. The van der Waals surface area contributed by atoms with Gasteiger partial charge < -0.3 is 89.9 Å². The monoisotopic (exact) mass is 1620 g/mol. The Morgan fingerprint density at radius 1 is 0.658 bits per heavy atom. The number of aromatic nitrogens is 3. The van der Waals surface area contributed by atoms with Crippen LogP contribution in [0.2, 0.25) is 0 Å². The fourth-order valence-electron chi connectivity index (χ4n) is 13.6. The van der Waals surface area contributed by atoms with E-state index in [9.17, 15) is 97.3 Å². The molecular weight excluding hydrogens is 1510 g/mol. The van der Waals surface area contributed by atoms with Crippen LogP contribution in [0.5, 0.6) is 0 Å². The van der Waals surface area contributed by atoms with E-state index in [-0.39, 0.29) is 86.5 Å². The number of nitrogens with two attached hydrogens (primary N) is 2. The molecule has 0 unspecified atom stereocenters. The van der Waals surface area contributed by atoms with Gasteiger partial charge in [0.05, 0.1) is 51.1 Å². The van der Waals surface area contributed by atoms with Gasteiger partial charge in [0.15, 0.2) is 5.78 Å². The number of rotatable bonds is 45. The molecule has 0 bridgehead atoms. The van der Waals surface area contributed by atoms with Crippen molar-refractivity contribution in [1.29, 1.82) is 0 Å². The van der Waals surface area contributed by atoms with E-state index in [0.717, 1.165) is 15.8 Å². The topological polar surface area (TPSA) is 590 Å². The number of primary amides is 2. The summed E-state index contributed by atoms with van der Waals surface area (Å²) in [7, 11) is 1.66. The number of imidazole rings is 1. The Morgan fingerprint density at radius 2 is 1.25 bits per heavy atom. The molecule has 6 rings (SSSR count). The highest BCUT2D eigenvalue weighted by Crippen LogP contribution is 2.37. The zero-order valence-electron chi connectivity index (χ0n) is 65.1. The van der Waals surface area contributed by atoms with Gasteiger partial charge in [-0.2, -0.15) is 17.0 Å². The number of H-pyrrole nitrogens is 2. The molecule has 2 aliphatic rings. The molecule has 626 valence electrons. The molecule has 1 aliphatic heterocycles. The summed E-state index contributed by atoms with van der Waals surface area (Å²) < 4.78 is 0. The van der Waals surface area contributed by atoms with Crippen LogP contribution in [0.25, 0.3) is 10.9 Å². The number of carboxylic acid groups (broad SMARTS) is 3. The summed E-state index contributed by atoms with van der Waals surface area (Å²) in [5, 5.41) is 66.2. The fraction of sp³-hybridized carbons (Fsp3) is 0.554. The summed E-state index contributed by atoms with van der Waals surface area (Å²) in [6, 6.07) is 4.86. The second-order valence-corrected chi connectivity index (χ2v) is 29.9. The highest BCUT2D eigenvalue weighted by Gasteiger charge is 2.50. The lowest BCUT2D eigenvalue weighted by Gasteiger charge is -2.45. The Morgan fingerprint density at radius 3 is 1.80 bits per heavy atom. The van der Waals surface area contributed by atoms with E-state index >= 15 is 0 Å². The number of carbonyl (C=O) groups excluding carboxylic acids is 13. The number of Topliss-reactive ketones (excluding diaryl/α,β-unsaturated/α-hetero) is 1. The number of aromatic amines is 2. The maximum atomic E-state index is 13.8. The number of thioether (sulfide) groups is 1. The Bertz CT molecular complexity index is 3960. The third kappa shape index (κ3) is 30.5. The number of amides is 11. The number of anilines is 1. The Balaban J connectivity index is 0.000000501. The molecule has 3 heterocycles. The predicted molar refractivity (Wildman–Crippen MR) is 415 cm³/mol. The van der Waals surface area contributed by atoms with Crippen molar-refractivity contribution < 1.29 is 102 Å².